The van der Waals surface area contributed by atoms with Crippen LogP contribution in [0.3, 0.4) is 0 Å². The number of aliphatic imine (C=N–C) groups is 1. The lowest BCUT2D eigenvalue weighted by molar-refractivity contribution is 0.112. The molecule has 9 nitrogen and oxygen atoms in total. The Kier molecular flexibility index (Phi) is 9.09. The van der Waals surface area contributed by atoms with Crippen molar-refractivity contribution in [3.05, 3.63) is 106 Å². The van der Waals surface area contributed by atoms with Crippen molar-refractivity contribution in [2.75, 3.05) is 18.5 Å². The summed E-state index contributed by atoms with van der Waals surface area (Å²) in [6, 6.07) is 19.0. The number of benzene rings is 3. The summed E-state index contributed by atoms with van der Waals surface area (Å²) in [5.41, 5.74) is 7.33. The highest BCUT2D eigenvalue weighted by atomic mass is 32.2. The number of aromatic amines is 1. The summed E-state index contributed by atoms with van der Waals surface area (Å²) >= 11 is 0. The van der Waals surface area contributed by atoms with E-state index in [-0.39, 0.29) is 34.1 Å². The molecule has 0 bridgehead atoms. The van der Waals surface area contributed by atoms with Crippen LogP contribution < -0.4 is 16.2 Å². The third-order valence-electron chi connectivity index (χ3n) is 6.42. The summed E-state index contributed by atoms with van der Waals surface area (Å²) in [6.45, 7) is 2.08. The maximum atomic E-state index is 14.1. The van der Waals surface area contributed by atoms with Gasteiger partial charge in [-0.1, -0.05) is 30.3 Å². The summed E-state index contributed by atoms with van der Waals surface area (Å²) in [5, 5.41) is 21.0. The maximum Gasteiger partial charge on any atom is 0.269 e. The van der Waals surface area contributed by atoms with Crippen LogP contribution in [0.4, 0.5) is 15.8 Å². The second-order valence-corrected chi connectivity index (χ2v) is 10.3. The average Bonchev–Trinajstić information content (AvgIpc) is 3.01. The van der Waals surface area contributed by atoms with Crippen LogP contribution in [0.1, 0.15) is 28.5 Å². The van der Waals surface area contributed by atoms with Crippen LogP contribution in [0.25, 0.3) is 16.8 Å². The lowest BCUT2D eigenvalue weighted by Gasteiger charge is -2.27. The Morgan fingerprint density at radius 3 is 2.55 bits per heavy atom. The number of anilines is 2. The molecule has 4 aromatic rings. The Morgan fingerprint density at radius 1 is 1.19 bits per heavy atom. The molecule has 0 aliphatic heterocycles. The molecule has 42 heavy (non-hydrogen) atoms. The van der Waals surface area contributed by atoms with E-state index in [1.165, 1.54) is 36.6 Å². The van der Waals surface area contributed by atoms with Crippen LogP contribution in [0.5, 0.6) is 5.75 Å². The van der Waals surface area contributed by atoms with Crippen molar-refractivity contribution in [2.24, 2.45) is 10.7 Å². The molecule has 0 fully saturated rings. The third-order valence-corrected chi connectivity index (χ3v) is 7.87. The molecule has 0 aliphatic rings. The number of aromatic hydroxyl groups is 1. The minimum absolute atomic E-state index is 0.0743. The number of carbonyl (C=O) groups is 1. The summed E-state index contributed by atoms with van der Waals surface area (Å²) < 4.78 is 27.9. The Hall–Kier alpha value is -5.34. The molecular weight excluding hydrogens is 557 g/mol. The molecule has 1 aromatic heterocycles. The van der Waals surface area contributed by atoms with Gasteiger partial charge in [0.2, 0.25) is 0 Å². The first kappa shape index (κ1) is 29.6. The highest BCUT2D eigenvalue weighted by Crippen LogP contribution is 2.40. The Balaban J connectivity index is 1.88. The van der Waals surface area contributed by atoms with E-state index in [9.17, 15) is 28.6 Å². The number of hydrogen-bond acceptors (Lipinski definition) is 8. The van der Waals surface area contributed by atoms with Gasteiger partial charge in [0.1, 0.15) is 11.5 Å². The summed E-state index contributed by atoms with van der Waals surface area (Å²) in [5.74, 6) is -1.22. The second-order valence-electron chi connectivity index (χ2n) is 8.90. The van der Waals surface area contributed by atoms with Crippen LogP contribution in [-0.2, 0) is 10.8 Å². The second kappa shape index (κ2) is 12.9. The van der Waals surface area contributed by atoms with Gasteiger partial charge in [-0.25, -0.2) is 8.60 Å². The molecule has 1 atom stereocenters. The summed E-state index contributed by atoms with van der Waals surface area (Å²) in [4.78, 5) is 32.7. The zero-order chi connectivity index (χ0) is 30.4. The van der Waals surface area contributed by atoms with Gasteiger partial charge in [0.15, 0.2) is 16.9 Å². The number of carbonyl (C=O) groups excluding carboxylic acids is 1. The van der Waals surface area contributed by atoms with E-state index < -0.39 is 32.8 Å². The molecule has 4 rings (SSSR count). The predicted molar refractivity (Wildman–Crippen MR) is 161 cm³/mol. The fourth-order valence-corrected chi connectivity index (χ4v) is 5.55. The number of aldehydes is 1. The SMILES string of the molecule is CCN(c1cccc(C#N)c1)c1c(C(N)=CC=NC)[nH]c(=O)c(S(=O)c2ccc(-c3cccc(F)c3C=O)cc2)c1O. The predicted octanol–water partition coefficient (Wildman–Crippen LogP) is 4.90. The number of pyridine rings is 1. The summed E-state index contributed by atoms with van der Waals surface area (Å²) in [6.07, 6.45) is 3.29. The monoisotopic (exact) mass is 583 g/mol. The fourth-order valence-electron chi connectivity index (χ4n) is 4.44. The van der Waals surface area contributed by atoms with E-state index >= 15 is 0 Å². The number of H-pyrrole nitrogens is 1. The van der Waals surface area contributed by atoms with Crippen LogP contribution >= 0.6 is 0 Å². The lowest BCUT2D eigenvalue weighted by atomic mass is 10.0. The van der Waals surface area contributed by atoms with Gasteiger partial charge in [-0.05, 0) is 60.5 Å². The third kappa shape index (κ3) is 5.75. The number of hydrogen-bond donors (Lipinski definition) is 3. The number of allylic oxidation sites excluding steroid dienone is 1. The van der Waals surface area contributed by atoms with Gasteiger partial charge < -0.3 is 20.7 Å². The number of nitrogens with two attached hydrogens (primary N) is 1. The van der Waals surface area contributed by atoms with Crippen molar-refractivity contribution < 1.29 is 18.5 Å². The first-order chi connectivity index (χ1) is 20.2. The van der Waals surface area contributed by atoms with Gasteiger partial charge in [-0.2, -0.15) is 5.26 Å². The number of aromatic nitrogens is 1. The number of halogens is 1. The highest BCUT2D eigenvalue weighted by molar-refractivity contribution is 7.85. The van der Waals surface area contributed by atoms with E-state index in [0.29, 0.717) is 28.7 Å². The molecule has 4 N–H and O–H groups in total. The average molecular weight is 584 g/mol. The fraction of sp³-hybridized carbons (Fsp3) is 0.0968. The molecular formula is C31H26FN5O4S. The Morgan fingerprint density at radius 2 is 1.90 bits per heavy atom. The van der Waals surface area contributed by atoms with Crippen LogP contribution in [0.2, 0.25) is 0 Å². The van der Waals surface area contributed by atoms with Crippen molar-refractivity contribution in [2.45, 2.75) is 16.7 Å². The zero-order valence-corrected chi connectivity index (χ0v) is 23.5. The number of nitriles is 1. The van der Waals surface area contributed by atoms with Crippen LogP contribution in [0.15, 0.2) is 92.4 Å². The van der Waals surface area contributed by atoms with Gasteiger partial charge in [-0.3, -0.25) is 14.6 Å². The van der Waals surface area contributed by atoms with E-state index in [4.69, 9.17) is 5.73 Å². The largest absolute Gasteiger partial charge is 0.504 e. The molecule has 3 aromatic carbocycles. The standard InChI is InChI=1S/C31H26FN5O4S/c1-3-37(21-7-4-6-19(16-21)17-33)28-27(26(34)14-15-35-2)36-31(40)30(29(28)39)42(41)22-12-10-20(11-13-22)23-8-5-9-25(32)24(23)18-38/h4-16,18H,3,34H2,1-2H3,(H2,36,39,40). The van der Waals surface area contributed by atoms with Gasteiger partial charge in [0.25, 0.3) is 5.56 Å². The highest BCUT2D eigenvalue weighted by Gasteiger charge is 2.27. The lowest BCUT2D eigenvalue weighted by Crippen LogP contribution is -2.25. The molecule has 1 unspecified atom stereocenters. The minimum Gasteiger partial charge on any atom is -0.504 e. The van der Waals surface area contributed by atoms with E-state index in [2.05, 4.69) is 16.0 Å². The van der Waals surface area contributed by atoms with Crippen LogP contribution in [0, 0.1) is 17.1 Å². The van der Waals surface area contributed by atoms with Gasteiger partial charge in [0.05, 0.1) is 39.4 Å². The van der Waals surface area contributed by atoms with Crippen molar-refractivity contribution >= 4 is 40.4 Å². The maximum absolute atomic E-state index is 14.1. The molecule has 0 amide bonds. The van der Waals surface area contributed by atoms with E-state index in [1.54, 1.807) is 61.3 Å². The van der Waals surface area contributed by atoms with Crippen molar-refractivity contribution in [3.63, 3.8) is 0 Å². The molecule has 0 radical (unpaired) electrons. The first-order valence-electron chi connectivity index (χ1n) is 12.7. The molecule has 212 valence electrons. The van der Waals surface area contributed by atoms with Gasteiger partial charge in [0, 0.05) is 30.4 Å². The molecule has 0 aliphatic carbocycles. The first-order valence-corrected chi connectivity index (χ1v) is 13.8. The zero-order valence-electron chi connectivity index (χ0n) is 22.7. The van der Waals surface area contributed by atoms with Gasteiger partial charge >= 0.3 is 0 Å². The topological polar surface area (TPSA) is 153 Å². The van der Waals surface area contributed by atoms with Crippen LogP contribution in [-0.4, -0.2) is 40.4 Å². The smallest absolute Gasteiger partial charge is 0.269 e. The summed E-state index contributed by atoms with van der Waals surface area (Å²) in [7, 11) is -0.623. The minimum atomic E-state index is -2.17. The Bertz CT molecular complexity index is 1840. The Labute approximate surface area is 243 Å². The quantitative estimate of drug-likeness (QED) is 0.187. The van der Waals surface area contributed by atoms with Crippen molar-refractivity contribution in [1.29, 1.82) is 5.26 Å². The molecule has 0 saturated heterocycles. The molecule has 0 saturated carbocycles. The number of nitrogens with one attached hydrogen (secondary N) is 1. The molecule has 11 heteroatoms. The number of rotatable bonds is 9. The van der Waals surface area contributed by atoms with Crippen molar-refractivity contribution in [1.82, 2.24) is 4.98 Å². The normalized spacial score (nSPS) is 12.2. The number of nitrogens with zero attached hydrogens (tertiary/aromatic N) is 3. The molecule has 1 heterocycles. The van der Waals surface area contributed by atoms with Crippen molar-refractivity contribution in [3.8, 4) is 22.9 Å². The van der Waals surface area contributed by atoms with E-state index in [0.717, 1.165) is 0 Å². The van der Waals surface area contributed by atoms with Gasteiger partial charge in [-0.15, -0.1) is 0 Å². The molecule has 0 spiro atoms. The van der Waals surface area contributed by atoms with E-state index in [1.807, 2.05) is 0 Å².